The fourth-order valence-electron chi connectivity index (χ4n) is 2.89. The minimum atomic E-state index is -0.140. The van der Waals surface area contributed by atoms with Crippen molar-refractivity contribution in [1.29, 1.82) is 0 Å². The Hall–Kier alpha value is -1.79. The second-order valence-electron chi connectivity index (χ2n) is 6.33. The first-order valence-corrected chi connectivity index (χ1v) is 8.19. The first-order valence-electron chi connectivity index (χ1n) is 8.19. The molecule has 1 aliphatic carbocycles. The van der Waals surface area contributed by atoms with Crippen molar-refractivity contribution in [2.24, 2.45) is 5.92 Å². The predicted octanol–water partition coefficient (Wildman–Crippen LogP) is 1.73. The van der Waals surface area contributed by atoms with Gasteiger partial charge in [0.1, 0.15) is 0 Å². The summed E-state index contributed by atoms with van der Waals surface area (Å²) in [7, 11) is 0. The summed E-state index contributed by atoms with van der Waals surface area (Å²) >= 11 is 0. The van der Waals surface area contributed by atoms with Crippen LogP contribution in [0.5, 0.6) is 11.5 Å². The number of carbonyl (C=O) groups is 1. The lowest BCUT2D eigenvalue weighted by molar-refractivity contribution is -0.0567. The molecular formula is C17H21NO5. The topological polar surface area (TPSA) is 66.0 Å². The highest BCUT2D eigenvalue weighted by atomic mass is 16.7. The molecule has 0 spiro atoms. The zero-order valence-corrected chi connectivity index (χ0v) is 13.0. The van der Waals surface area contributed by atoms with Crippen molar-refractivity contribution >= 4 is 5.91 Å². The summed E-state index contributed by atoms with van der Waals surface area (Å²) in [5.41, 5.74) is 0.556. The van der Waals surface area contributed by atoms with Gasteiger partial charge in [0.2, 0.25) is 6.79 Å². The monoisotopic (exact) mass is 319 g/mol. The molecule has 1 amide bonds. The zero-order valence-electron chi connectivity index (χ0n) is 13.0. The summed E-state index contributed by atoms with van der Waals surface area (Å²) in [6.07, 6.45) is 3.37. The number of carbonyl (C=O) groups excluding carboxylic acids is 1. The second-order valence-corrected chi connectivity index (χ2v) is 6.33. The second kappa shape index (κ2) is 6.37. The summed E-state index contributed by atoms with van der Waals surface area (Å²) in [5.74, 6) is 1.86. The molecule has 0 radical (unpaired) electrons. The lowest BCUT2D eigenvalue weighted by Gasteiger charge is -2.32. The van der Waals surface area contributed by atoms with Crippen LogP contribution in [0.2, 0.25) is 0 Å². The smallest absolute Gasteiger partial charge is 0.251 e. The molecule has 1 N–H and O–H groups in total. The van der Waals surface area contributed by atoms with Crippen molar-refractivity contribution in [1.82, 2.24) is 5.32 Å². The number of benzene rings is 1. The number of amides is 1. The molecule has 2 aliphatic heterocycles. The number of hydrogen-bond donors (Lipinski definition) is 1. The van der Waals surface area contributed by atoms with Gasteiger partial charge in [-0.2, -0.15) is 0 Å². The fourth-order valence-corrected chi connectivity index (χ4v) is 2.89. The molecule has 1 aromatic rings. The van der Waals surface area contributed by atoms with E-state index in [9.17, 15) is 4.79 Å². The third-order valence-corrected chi connectivity index (χ3v) is 4.49. The highest BCUT2D eigenvalue weighted by Crippen LogP contribution is 2.32. The minimum Gasteiger partial charge on any atom is -0.454 e. The van der Waals surface area contributed by atoms with E-state index in [0.717, 1.165) is 13.0 Å². The molecule has 2 heterocycles. The number of rotatable bonds is 5. The van der Waals surface area contributed by atoms with Gasteiger partial charge in [0, 0.05) is 18.8 Å². The molecule has 1 saturated carbocycles. The Balaban J connectivity index is 1.39. The summed E-state index contributed by atoms with van der Waals surface area (Å²) in [5, 5.41) is 3.04. The maximum absolute atomic E-state index is 12.5. The largest absolute Gasteiger partial charge is 0.454 e. The summed E-state index contributed by atoms with van der Waals surface area (Å²) in [4.78, 5) is 12.5. The van der Waals surface area contributed by atoms with Gasteiger partial charge in [-0.05, 0) is 43.4 Å². The van der Waals surface area contributed by atoms with E-state index < -0.39 is 0 Å². The Bertz CT molecular complexity index is 586. The SMILES string of the molecule is O=C(N[C@@H]1COCC[C@@H]1OCC1CC1)c1ccc2c(c1)OCO2. The molecule has 1 aromatic carbocycles. The van der Waals surface area contributed by atoms with E-state index in [4.69, 9.17) is 18.9 Å². The highest BCUT2D eigenvalue weighted by Gasteiger charge is 2.31. The first kappa shape index (κ1) is 14.8. The number of nitrogens with one attached hydrogen (secondary N) is 1. The van der Waals surface area contributed by atoms with Crippen LogP contribution in [-0.2, 0) is 9.47 Å². The average molecular weight is 319 g/mol. The van der Waals surface area contributed by atoms with Crippen LogP contribution in [0, 0.1) is 5.92 Å². The van der Waals surface area contributed by atoms with E-state index in [-0.39, 0.29) is 24.8 Å². The molecule has 23 heavy (non-hydrogen) atoms. The van der Waals surface area contributed by atoms with E-state index in [2.05, 4.69) is 5.32 Å². The van der Waals surface area contributed by atoms with Gasteiger partial charge in [0.15, 0.2) is 11.5 Å². The zero-order chi connectivity index (χ0) is 15.6. The van der Waals surface area contributed by atoms with E-state index in [1.54, 1.807) is 18.2 Å². The molecular weight excluding hydrogens is 298 g/mol. The van der Waals surface area contributed by atoms with Crippen LogP contribution in [0.1, 0.15) is 29.6 Å². The predicted molar refractivity (Wildman–Crippen MR) is 81.7 cm³/mol. The lowest BCUT2D eigenvalue weighted by Crippen LogP contribution is -2.50. The van der Waals surface area contributed by atoms with Crippen LogP contribution in [0.25, 0.3) is 0 Å². The van der Waals surface area contributed by atoms with E-state index in [1.807, 2.05) is 0 Å². The fraction of sp³-hybridized carbons (Fsp3) is 0.588. The van der Waals surface area contributed by atoms with E-state index in [1.165, 1.54) is 12.8 Å². The molecule has 4 rings (SSSR count). The molecule has 2 atom stereocenters. The average Bonchev–Trinajstić information content (AvgIpc) is 3.28. The molecule has 0 unspecified atom stereocenters. The summed E-state index contributed by atoms with van der Waals surface area (Å²) in [6, 6.07) is 5.10. The van der Waals surface area contributed by atoms with Gasteiger partial charge in [-0.15, -0.1) is 0 Å². The Morgan fingerprint density at radius 2 is 2.09 bits per heavy atom. The van der Waals surface area contributed by atoms with Gasteiger partial charge in [-0.25, -0.2) is 0 Å². The van der Waals surface area contributed by atoms with Gasteiger partial charge >= 0.3 is 0 Å². The molecule has 2 fully saturated rings. The number of ether oxygens (including phenoxy) is 4. The molecule has 6 heteroatoms. The van der Waals surface area contributed by atoms with E-state index in [0.29, 0.717) is 36.2 Å². The maximum atomic E-state index is 12.5. The normalized spacial score (nSPS) is 26.1. The molecule has 0 bridgehead atoms. The van der Waals surface area contributed by atoms with Gasteiger partial charge in [0.05, 0.1) is 18.8 Å². The van der Waals surface area contributed by atoms with Gasteiger partial charge < -0.3 is 24.3 Å². The Morgan fingerprint density at radius 3 is 2.96 bits per heavy atom. The molecule has 1 saturated heterocycles. The van der Waals surface area contributed by atoms with Crippen molar-refractivity contribution in [3.05, 3.63) is 23.8 Å². The number of fused-ring (bicyclic) bond motifs is 1. The van der Waals surface area contributed by atoms with Crippen molar-refractivity contribution in [2.75, 3.05) is 26.6 Å². The van der Waals surface area contributed by atoms with Crippen LogP contribution in [0.3, 0.4) is 0 Å². The maximum Gasteiger partial charge on any atom is 0.251 e. The molecule has 124 valence electrons. The Labute approximate surface area is 135 Å². The quantitative estimate of drug-likeness (QED) is 0.895. The Morgan fingerprint density at radius 1 is 1.22 bits per heavy atom. The molecule has 6 nitrogen and oxygen atoms in total. The van der Waals surface area contributed by atoms with Crippen molar-refractivity contribution in [2.45, 2.75) is 31.4 Å². The van der Waals surface area contributed by atoms with Gasteiger partial charge in [0.25, 0.3) is 5.91 Å². The van der Waals surface area contributed by atoms with Crippen LogP contribution in [0.15, 0.2) is 18.2 Å². The standard InChI is InChI=1S/C17H21NO5/c19-17(12-3-4-15-16(7-12)23-10-22-15)18-13-9-20-6-5-14(13)21-8-11-1-2-11/h3-4,7,11,13-14H,1-2,5-6,8-10H2,(H,18,19)/t13-,14+/m1/s1. The lowest BCUT2D eigenvalue weighted by atomic mass is 10.1. The van der Waals surface area contributed by atoms with Crippen molar-refractivity contribution < 1.29 is 23.7 Å². The first-order chi connectivity index (χ1) is 11.3. The van der Waals surface area contributed by atoms with Crippen molar-refractivity contribution in [3.63, 3.8) is 0 Å². The van der Waals surface area contributed by atoms with E-state index >= 15 is 0 Å². The molecule has 0 aromatic heterocycles. The highest BCUT2D eigenvalue weighted by molar-refractivity contribution is 5.95. The summed E-state index contributed by atoms with van der Waals surface area (Å²) < 4.78 is 22.1. The van der Waals surface area contributed by atoms with Gasteiger partial charge in [-0.3, -0.25) is 4.79 Å². The van der Waals surface area contributed by atoms with Crippen LogP contribution in [0.4, 0.5) is 0 Å². The van der Waals surface area contributed by atoms with Crippen LogP contribution in [-0.4, -0.2) is 44.7 Å². The van der Waals surface area contributed by atoms with Crippen LogP contribution < -0.4 is 14.8 Å². The minimum absolute atomic E-state index is 0.0299. The third kappa shape index (κ3) is 3.43. The Kier molecular flexibility index (Phi) is 4.10. The molecule has 3 aliphatic rings. The van der Waals surface area contributed by atoms with Crippen molar-refractivity contribution in [3.8, 4) is 11.5 Å². The summed E-state index contributed by atoms with van der Waals surface area (Å²) in [6.45, 7) is 2.17. The number of hydrogen-bond acceptors (Lipinski definition) is 5. The van der Waals surface area contributed by atoms with Gasteiger partial charge in [-0.1, -0.05) is 0 Å². The third-order valence-electron chi connectivity index (χ3n) is 4.49. The van der Waals surface area contributed by atoms with Crippen LogP contribution >= 0.6 is 0 Å².